The van der Waals surface area contributed by atoms with E-state index < -0.39 is 5.41 Å². The molecule has 1 aliphatic carbocycles. The lowest BCUT2D eigenvalue weighted by molar-refractivity contribution is -0.124. The van der Waals surface area contributed by atoms with Crippen molar-refractivity contribution in [2.24, 2.45) is 5.41 Å². The van der Waals surface area contributed by atoms with Crippen LogP contribution in [0.2, 0.25) is 0 Å². The number of hydrogen-bond acceptors (Lipinski definition) is 2. The van der Waals surface area contributed by atoms with Gasteiger partial charge in [0.1, 0.15) is 0 Å². The van der Waals surface area contributed by atoms with Gasteiger partial charge in [0.15, 0.2) is 0 Å². The molecule has 0 aromatic heterocycles. The zero-order chi connectivity index (χ0) is 11.2. The fourth-order valence-electron chi connectivity index (χ4n) is 2.43. The molecule has 3 nitrogen and oxygen atoms in total. The molecule has 84 valence electrons. The van der Waals surface area contributed by atoms with Gasteiger partial charge in [0, 0.05) is 12.2 Å². The Morgan fingerprint density at radius 2 is 2.12 bits per heavy atom. The first kappa shape index (κ1) is 9.85. The Bertz CT molecular complexity index is 437. The predicted octanol–water partition coefficient (Wildman–Crippen LogP) is 1.35. The molecule has 1 aromatic carbocycles. The molecule has 0 radical (unpaired) electrons. The number of anilines is 1. The van der Waals surface area contributed by atoms with Crippen molar-refractivity contribution >= 4 is 11.6 Å². The summed E-state index contributed by atoms with van der Waals surface area (Å²) in [5.74, 6) is 0.111. The number of carbonyl (C=O) groups is 1. The van der Waals surface area contributed by atoms with Crippen LogP contribution in [0.1, 0.15) is 18.4 Å². The highest BCUT2D eigenvalue weighted by Gasteiger charge is 2.52. The zero-order valence-corrected chi connectivity index (χ0v) is 9.15. The molecule has 3 rings (SSSR count). The third kappa shape index (κ3) is 1.28. The lowest BCUT2D eigenvalue weighted by Crippen LogP contribution is -2.37. The van der Waals surface area contributed by atoms with Gasteiger partial charge in [-0.2, -0.15) is 0 Å². The van der Waals surface area contributed by atoms with Gasteiger partial charge in [0.05, 0.1) is 12.0 Å². The number of benzene rings is 1. The first-order valence-electron chi connectivity index (χ1n) is 5.78. The molecule has 2 aliphatic rings. The molecule has 0 spiro atoms. The van der Waals surface area contributed by atoms with Crippen LogP contribution < -0.4 is 4.90 Å². The molecule has 0 bridgehead atoms. The van der Waals surface area contributed by atoms with Gasteiger partial charge in [-0.3, -0.25) is 4.79 Å². The van der Waals surface area contributed by atoms with E-state index in [9.17, 15) is 9.90 Å². The summed E-state index contributed by atoms with van der Waals surface area (Å²) in [6.07, 6.45) is 2.60. The van der Waals surface area contributed by atoms with Gasteiger partial charge in [0.25, 0.3) is 0 Å². The van der Waals surface area contributed by atoms with E-state index in [-0.39, 0.29) is 12.5 Å². The summed E-state index contributed by atoms with van der Waals surface area (Å²) in [6, 6.07) is 8.03. The number of para-hydroxylation sites is 1. The highest BCUT2D eigenvalue weighted by Crippen LogP contribution is 2.48. The van der Waals surface area contributed by atoms with E-state index in [1.165, 1.54) is 5.56 Å². The lowest BCUT2D eigenvalue weighted by atomic mass is 10.1. The van der Waals surface area contributed by atoms with E-state index in [2.05, 4.69) is 6.07 Å². The van der Waals surface area contributed by atoms with E-state index in [1.807, 2.05) is 23.1 Å². The Morgan fingerprint density at radius 3 is 2.81 bits per heavy atom. The first-order chi connectivity index (χ1) is 7.77. The molecule has 1 heterocycles. The number of aliphatic hydroxyl groups is 1. The van der Waals surface area contributed by atoms with E-state index >= 15 is 0 Å². The van der Waals surface area contributed by atoms with E-state index in [4.69, 9.17) is 0 Å². The normalized spacial score (nSPS) is 20.7. The maximum absolute atomic E-state index is 12.3. The summed E-state index contributed by atoms with van der Waals surface area (Å²) in [7, 11) is 0. The highest BCUT2D eigenvalue weighted by molar-refractivity contribution is 6.01. The van der Waals surface area contributed by atoms with Crippen molar-refractivity contribution in [3.8, 4) is 0 Å². The first-order valence-corrected chi connectivity index (χ1v) is 5.78. The SMILES string of the molecule is O=C(N1CCc2ccccc21)C1(CO)CC1. The van der Waals surface area contributed by atoms with Crippen molar-refractivity contribution in [3.63, 3.8) is 0 Å². The van der Waals surface area contributed by atoms with Crippen molar-refractivity contribution in [3.05, 3.63) is 29.8 Å². The Morgan fingerprint density at radius 1 is 1.38 bits per heavy atom. The van der Waals surface area contributed by atoms with Crippen LogP contribution in [-0.4, -0.2) is 24.2 Å². The topological polar surface area (TPSA) is 40.5 Å². The van der Waals surface area contributed by atoms with Crippen LogP contribution in [0, 0.1) is 5.41 Å². The third-order valence-corrected chi connectivity index (χ3v) is 3.74. The summed E-state index contributed by atoms with van der Waals surface area (Å²) in [5, 5.41) is 9.29. The van der Waals surface area contributed by atoms with Gasteiger partial charge in [0.2, 0.25) is 5.91 Å². The fourth-order valence-corrected chi connectivity index (χ4v) is 2.43. The van der Waals surface area contributed by atoms with E-state index in [0.29, 0.717) is 0 Å². The van der Waals surface area contributed by atoms with Gasteiger partial charge < -0.3 is 10.0 Å². The number of nitrogens with zero attached hydrogens (tertiary/aromatic N) is 1. The van der Waals surface area contributed by atoms with Gasteiger partial charge >= 0.3 is 0 Å². The summed E-state index contributed by atoms with van der Waals surface area (Å²) in [4.78, 5) is 14.1. The van der Waals surface area contributed by atoms with Crippen molar-refractivity contribution in [2.45, 2.75) is 19.3 Å². The number of carbonyl (C=O) groups excluding carboxylic acids is 1. The predicted molar refractivity (Wildman–Crippen MR) is 61.3 cm³/mol. The molecule has 1 N–H and O–H groups in total. The molecule has 1 amide bonds. The monoisotopic (exact) mass is 217 g/mol. The molecule has 3 heteroatoms. The van der Waals surface area contributed by atoms with Crippen LogP contribution in [0.4, 0.5) is 5.69 Å². The summed E-state index contributed by atoms with van der Waals surface area (Å²) < 4.78 is 0. The second-order valence-electron chi connectivity index (χ2n) is 4.77. The largest absolute Gasteiger partial charge is 0.395 e. The van der Waals surface area contributed by atoms with Crippen molar-refractivity contribution in [1.82, 2.24) is 0 Å². The number of hydrogen-bond donors (Lipinski definition) is 1. The standard InChI is InChI=1S/C13H15NO2/c15-9-13(6-7-13)12(16)14-8-5-10-3-1-2-4-11(10)14/h1-4,15H,5-9H2. The molecule has 16 heavy (non-hydrogen) atoms. The average Bonchev–Trinajstić information content (AvgIpc) is 3.02. The second-order valence-corrected chi connectivity index (χ2v) is 4.77. The smallest absolute Gasteiger partial charge is 0.235 e. The minimum Gasteiger partial charge on any atom is -0.395 e. The molecule has 0 atom stereocenters. The van der Waals surface area contributed by atoms with Crippen LogP contribution in [-0.2, 0) is 11.2 Å². The molecule has 1 fully saturated rings. The minimum atomic E-state index is -0.447. The molecule has 0 saturated heterocycles. The van der Waals surface area contributed by atoms with Crippen molar-refractivity contribution in [2.75, 3.05) is 18.1 Å². The Kier molecular flexibility index (Phi) is 2.04. The Labute approximate surface area is 94.7 Å². The third-order valence-electron chi connectivity index (χ3n) is 3.74. The van der Waals surface area contributed by atoms with E-state index in [0.717, 1.165) is 31.5 Å². The summed E-state index contributed by atoms with van der Waals surface area (Å²) in [6.45, 7) is 0.754. The Balaban J connectivity index is 1.91. The van der Waals surface area contributed by atoms with Crippen LogP contribution in [0.3, 0.4) is 0 Å². The molecule has 1 aliphatic heterocycles. The highest BCUT2D eigenvalue weighted by atomic mass is 16.3. The number of fused-ring (bicyclic) bond motifs is 1. The average molecular weight is 217 g/mol. The number of aliphatic hydroxyl groups excluding tert-OH is 1. The summed E-state index contributed by atoms with van der Waals surface area (Å²) >= 11 is 0. The quantitative estimate of drug-likeness (QED) is 0.812. The van der Waals surface area contributed by atoms with E-state index in [1.54, 1.807) is 0 Å². The maximum Gasteiger partial charge on any atom is 0.235 e. The van der Waals surface area contributed by atoms with Gasteiger partial charge in [-0.05, 0) is 30.9 Å². The molecule has 1 aromatic rings. The Hall–Kier alpha value is -1.35. The lowest BCUT2D eigenvalue weighted by Gasteiger charge is -2.22. The molecule has 1 saturated carbocycles. The molecule has 0 unspecified atom stereocenters. The van der Waals surface area contributed by atoms with Gasteiger partial charge in [-0.1, -0.05) is 18.2 Å². The minimum absolute atomic E-state index is 0.00942. The number of amides is 1. The summed E-state index contributed by atoms with van der Waals surface area (Å²) in [5.41, 5.74) is 1.83. The van der Waals surface area contributed by atoms with Crippen molar-refractivity contribution < 1.29 is 9.90 Å². The van der Waals surface area contributed by atoms with Gasteiger partial charge in [-0.25, -0.2) is 0 Å². The second kappa shape index (κ2) is 3.32. The maximum atomic E-state index is 12.3. The fraction of sp³-hybridized carbons (Fsp3) is 0.462. The van der Waals surface area contributed by atoms with Crippen LogP contribution >= 0.6 is 0 Å². The van der Waals surface area contributed by atoms with Crippen LogP contribution in [0.15, 0.2) is 24.3 Å². The molecular weight excluding hydrogens is 202 g/mol. The number of rotatable bonds is 2. The van der Waals surface area contributed by atoms with Crippen LogP contribution in [0.5, 0.6) is 0 Å². The van der Waals surface area contributed by atoms with Gasteiger partial charge in [-0.15, -0.1) is 0 Å². The molecular formula is C13H15NO2. The van der Waals surface area contributed by atoms with Crippen molar-refractivity contribution in [1.29, 1.82) is 0 Å². The van der Waals surface area contributed by atoms with Crippen LogP contribution in [0.25, 0.3) is 0 Å². The zero-order valence-electron chi connectivity index (χ0n) is 9.15.